The fraction of sp³-hybridized carbons (Fsp3) is 0. The van der Waals surface area contributed by atoms with Crippen molar-refractivity contribution in [1.82, 2.24) is 0 Å². The van der Waals surface area contributed by atoms with Crippen LogP contribution in [0.3, 0.4) is 0 Å². The van der Waals surface area contributed by atoms with Crippen molar-refractivity contribution in [2.75, 3.05) is 0 Å². The van der Waals surface area contributed by atoms with Gasteiger partial charge in [-0.2, -0.15) is 0 Å². The number of rotatable bonds is 0. The summed E-state index contributed by atoms with van der Waals surface area (Å²) in [5.41, 5.74) is 0. The quantitative estimate of drug-likeness (QED) is 0.203. The molecule has 360 valence electrons. The molecule has 0 fully saturated rings. The van der Waals surface area contributed by atoms with Gasteiger partial charge in [-0.25, -0.2) is 0 Å². The molecule has 0 aromatic rings. The standard InChI is InChI=1S/15CH2O3.30Na/c15*2-1(3)4;;;;;;;;;;;;;;;;;;;;;;;;;;;;;;/h15*(H2,2,3,4);;;;;;;;;;;;;;;;;;;;;;;;;;;;;;/q;;;;;;;;;;;;;;;30*+1/p-30. The smallest absolute Gasteiger partial charge is 0.652 e. The van der Waals surface area contributed by atoms with Crippen molar-refractivity contribution in [3.8, 4) is 0 Å². The molecular weight excluding hydrogens is 1590 g/mol. The summed E-state index contributed by atoms with van der Waals surface area (Å²) in [5, 5.41) is 250. The molecule has 0 N–H and O–H groups in total. The molecule has 75 heteroatoms. The van der Waals surface area contributed by atoms with Crippen molar-refractivity contribution in [3.63, 3.8) is 0 Å². The summed E-state index contributed by atoms with van der Waals surface area (Å²) >= 11 is 0. The van der Waals surface area contributed by atoms with Crippen molar-refractivity contribution in [2.45, 2.75) is 0 Å². The molecule has 0 atom stereocenters. The molecule has 0 rings (SSSR count). The second kappa shape index (κ2) is 302. The monoisotopic (exact) mass is 1590 g/mol. The van der Waals surface area contributed by atoms with Crippen LogP contribution in [-0.4, -0.2) is 92.3 Å². The van der Waals surface area contributed by atoms with Gasteiger partial charge in [-0.3, -0.25) is 0 Å². The Balaban J connectivity index is -0.00000000548. The van der Waals surface area contributed by atoms with E-state index in [2.05, 4.69) is 0 Å². The fourth-order valence-electron chi connectivity index (χ4n) is 0. The number of carboxylic acid groups (broad SMARTS) is 30. The predicted molar refractivity (Wildman–Crippen MR) is 80.9 cm³/mol. The van der Waals surface area contributed by atoms with Gasteiger partial charge < -0.3 is 225 Å². The first-order chi connectivity index (χ1) is 26.0. The molecule has 0 bridgehead atoms. The van der Waals surface area contributed by atoms with E-state index >= 15 is 0 Å². The van der Waals surface area contributed by atoms with Gasteiger partial charge in [0.2, 0.25) is 0 Å². The summed E-state index contributed by atoms with van der Waals surface area (Å²) in [4.78, 5) is 125. The maximum Gasteiger partial charge on any atom is 1.00 e. The van der Waals surface area contributed by atoms with E-state index in [-0.39, 0.29) is 887 Å². The summed E-state index contributed by atoms with van der Waals surface area (Å²) in [6.07, 6.45) is -35.0. The summed E-state index contributed by atoms with van der Waals surface area (Å²) in [6, 6.07) is 0. The molecule has 0 spiro atoms. The topological polar surface area (TPSA) is 948 Å². The van der Waals surface area contributed by atoms with Crippen molar-refractivity contribution in [1.29, 1.82) is 0 Å². The Morgan fingerprint density at radius 1 is 0.0778 bits per heavy atom. The Morgan fingerprint density at radius 2 is 0.0778 bits per heavy atom. The minimum Gasteiger partial charge on any atom is -0.652 e. The fourth-order valence-corrected chi connectivity index (χ4v) is 0. The van der Waals surface area contributed by atoms with Gasteiger partial charge >= 0.3 is 887 Å². The van der Waals surface area contributed by atoms with Gasteiger partial charge in [-0.1, -0.05) is 0 Å². The Bertz CT molecular complexity index is 828. The van der Waals surface area contributed by atoms with Crippen molar-refractivity contribution in [2.24, 2.45) is 0 Å². The third kappa shape index (κ3) is 3320. The number of hydrogen-bond acceptors (Lipinski definition) is 45. The van der Waals surface area contributed by atoms with E-state index in [0.29, 0.717) is 0 Å². The van der Waals surface area contributed by atoms with Gasteiger partial charge in [0, 0.05) is 0 Å². The van der Waals surface area contributed by atoms with Crippen LogP contribution in [0.15, 0.2) is 0 Å². The first-order valence-corrected chi connectivity index (χ1v) is 9.19. The predicted octanol–water partition coefficient (Wildman–Crippen LogP) is -127. The number of hydrogen-bond donors (Lipinski definition) is 0. The molecule has 0 aromatic heterocycles. The number of carbonyl (C=O) groups is 15. The Kier molecular flexibility index (Phi) is 1040. The van der Waals surface area contributed by atoms with Gasteiger partial charge in [0.1, 0.15) is 0 Å². The second-order valence-electron chi connectivity index (χ2n) is 3.75. The summed E-state index contributed by atoms with van der Waals surface area (Å²) in [6.45, 7) is 0. The first kappa shape index (κ1) is 310. The van der Waals surface area contributed by atoms with Crippen molar-refractivity contribution < 1.29 is 1110 Å². The van der Waals surface area contributed by atoms with E-state index in [1.54, 1.807) is 0 Å². The van der Waals surface area contributed by atoms with Crippen LogP contribution in [0.2, 0.25) is 0 Å². The Labute approximate surface area is 1170 Å². The van der Waals surface area contributed by atoms with E-state index < -0.39 is 92.3 Å². The molecule has 0 aliphatic rings. The molecule has 0 unspecified atom stereocenters. The van der Waals surface area contributed by atoms with Crippen LogP contribution in [0.25, 0.3) is 0 Å². The summed E-state index contributed by atoms with van der Waals surface area (Å²) in [7, 11) is 0. The minimum absolute atomic E-state index is 0. The summed E-state index contributed by atoms with van der Waals surface area (Å²) in [5.74, 6) is 0. The molecule has 0 saturated carbocycles. The molecule has 0 amide bonds. The Morgan fingerprint density at radius 3 is 0.0778 bits per heavy atom. The van der Waals surface area contributed by atoms with Crippen LogP contribution in [0.5, 0.6) is 0 Å². The van der Waals surface area contributed by atoms with E-state index in [1.165, 1.54) is 0 Å². The second-order valence-corrected chi connectivity index (χ2v) is 3.75. The molecule has 0 aliphatic carbocycles. The molecule has 0 heterocycles. The van der Waals surface area contributed by atoms with Gasteiger partial charge in [0.15, 0.2) is 0 Å². The molecular formula is C15Na30O45. The third-order valence-electron chi connectivity index (χ3n) is 0. The molecule has 0 aromatic carbocycles. The molecule has 0 saturated heterocycles. The van der Waals surface area contributed by atoms with Gasteiger partial charge in [0.25, 0.3) is 0 Å². The zero-order valence-corrected chi connectivity index (χ0v) is 116. The summed E-state index contributed by atoms with van der Waals surface area (Å²) < 4.78 is 0. The van der Waals surface area contributed by atoms with Crippen molar-refractivity contribution >= 4 is 92.3 Å². The normalized spacial score (nSPS) is 4.00. The van der Waals surface area contributed by atoms with Gasteiger partial charge in [0.05, 0.1) is 0 Å². The molecule has 0 aliphatic heterocycles. The van der Waals surface area contributed by atoms with Crippen molar-refractivity contribution in [3.05, 3.63) is 0 Å². The van der Waals surface area contributed by atoms with E-state index in [4.69, 9.17) is 225 Å². The van der Waals surface area contributed by atoms with Crippen LogP contribution in [-0.2, 0) is 0 Å². The zero-order valence-electron chi connectivity index (χ0n) is 55.9. The SMILES string of the molecule is O=C([O-])[O-].O=C([O-])[O-].O=C([O-])[O-].O=C([O-])[O-].O=C([O-])[O-].O=C([O-])[O-].O=C([O-])[O-].O=C([O-])[O-].O=C([O-])[O-].O=C([O-])[O-].O=C([O-])[O-].O=C([O-])[O-].O=C([O-])[O-].O=C([O-])[O-].O=C([O-])[O-].[Na+].[Na+].[Na+].[Na+].[Na+].[Na+].[Na+].[Na+].[Na+].[Na+].[Na+].[Na+].[Na+].[Na+].[Na+].[Na+].[Na+].[Na+].[Na+].[Na+].[Na+].[Na+].[Na+].[Na+].[Na+].[Na+].[Na+].[Na+].[Na+].[Na+]. The van der Waals surface area contributed by atoms with Gasteiger partial charge in [-0.05, 0) is 92.3 Å². The van der Waals surface area contributed by atoms with E-state index in [1.807, 2.05) is 0 Å². The van der Waals surface area contributed by atoms with Gasteiger partial charge in [-0.15, -0.1) is 0 Å². The molecule has 45 nitrogen and oxygen atoms in total. The minimum atomic E-state index is -2.33. The van der Waals surface area contributed by atoms with Crippen LogP contribution >= 0.6 is 0 Å². The van der Waals surface area contributed by atoms with Crippen LogP contribution in [0.1, 0.15) is 0 Å². The van der Waals surface area contributed by atoms with Crippen LogP contribution in [0.4, 0.5) is 71.9 Å². The zero-order chi connectivity index (χ0) is 53.7. The molecule has 0 radical (unpaired) electrons. The Hall–Kier alpha value is 19.1. The van der Waals surface area contributed by atoms with E-state index in [0.717, 1.165) is 0 Å². The van der Waals surface area contributed by atoms with E-state index in [9.17, 15) is 0 Å². The van der Waals surface area contributed by atoms with Crippen LogP contribution < -0.4 is 1040 Å². The average molecular weight is 1590 g/mol. The maximum absolute atomic E-state index is 8.33. The average Bonchev–Trinajstić information content (AvgIpc) is 2.78. The molecule has 90 heavy (non-hydrogen) atoms. The first-order valence-electron chi connectivity index (χ1n) is 9.19. The van der Waals surface area contributed by atoms with Crippen LogP contribution in [0, 0.1) is 0 Å². The number of carbonyl (C=O) groups excluding carboxylic acids is 15. The largest absolute Gasteiger partial charge is 1.00 e. The maximum atomic E-state index is 8.33. The third-order valence-corrected chi connectivity index (χ3v) is 0.